The number of thiophene rings is 1. The van der Waals surface area contributed by atoms with Crippen molar-refractivity contribution < 1.29 is 4.79 Å². The Hall–Kier alpha value is -0.900. The maximum absolute atomic E-state index is 12.2. The third-order valence-electron chi connectivity index (χ3n) is 4.60. The molecule has 3 heterocycles. The first kappa shape index (κ1) is 20.4. The van der Waals surface area contributed by atoms with Gasteiger partial charge in [-0.05, 0) is 24.3 Å². The summed E-state index contributed by atoms with van der Waals surface area (Å²) in [7, 11) is 0. The van der Waals surface area contributed by atoms with Gasteiger partial charge in [-0.1, -0.05) is 50.5 Å². The lowest BCUT2D eigenvalue weighted by atomic mass is 10.3. The van der Waals surface area contributed by atoms with E-state index in [0.717, 1.165) is 47.8 Å². The minimum Gasteiger partial charge on any atom is -0.351 e. The molecule has 0 bridgehead atoms. The van der Waals surface area contributed by atoms with E-state index in [1.807, 2.05) is 12.1 Å². The summed E-state index contributed by atoms with van der Waals surface area (Å²) in [5.41, 5.74) is 1.49. The second kappa shape index (κ2) is 8.85. The minimum absolute atomic E-state index is 0.174. The molecule has 0 spiro atoms. The number of piperazine rings is 1. The number of carbonyl (C=O) groups excluding carboxylic acids is 1. The summed E-state index contributed by atoms with van der Waals surface area (Å²) in [6, 6.07) is 7.79. The monoisotopic (exact) mass is 518 g/mol. The maximum atomic E-state index is 12.2. The molecule has 1 N–H and O–H groups in total. The third kappa shape index (κ3) is 4.63. The molecule has 0 aliphatic carbocycles. The van der Waals surface area contributed by atoms with Crippen LogP contribution in [0.3, 0.4) is 0 Å². The van der Waals surface area contributed by atoms with Gasteiger partial charge in [0.25, 0.3) is 5.91 Å². The van der Waals surface area contributed by atoms with Gasteiger partial charge in [0, 0.05) is 43.7 Å². The number of halogens is 3. The number of anilines is 1. The minimum atomic E-state index is -0.174. The third-order valence-corrected chi connectivity index (χ3v) is 7.66. The molecule has 0 atom stereocenters. The largest absolute Gasteiger partial charge is 0.351 e. The van der Waals surface area contributed by atoms with Crippen LogP contribution in [0, 0.1) is 0 Å². The summed E-state index contributed by atoms with van der Waals surface area (Å²) in [6.07, 6.45) is 0. The zero-order valence-electron chi connectivity index (χ0n) is 14.8. The van der Waals surface area contributed by atoms with Gasteiger partial charge in [0.05, 0.1) is 20.1 Å². The Labute approximate surface area is 189 Å². The number of fused-ring (bicyclic) bond motifs is 1. The molecule has 148 valence electrons. The highest BCUT2D eigenvalue weighted by Gasteiger charge is 2.20. The highest BCUT2D eigenvalue weighted by atomic mass is 79.9. The lowest BCUT2D eigenvalue weighted by Gasteiger charge is -2.34. The molecule has 1 fully saturated rings. The standard InChI is InChI=1S/C18H17BrCl2N4OS2/c19-11-1-2-13-14(9-11)27-18(23-13)25-7-5-24(6-8-25)4-3-22-17(26)12-10-15(20)28-16(12)21/h1-2,9-10H,3-8H2,(H,22,26). The Morgan fingerprint density at radius 2 is 1.96 bits per heavy atom. The quantitative estimate of drug-likeness (QED) is 0.516. The van der Waals surface area contributed by atoms with Gasteiger partial charge >= 0.3 is 0 Å². The number of nitrogens with zero attached hydrogens (tertiary/aromatic N) is 3. The van der Waals surface area contributed by atoms with Crippen LogP contribution in [0.25, 0.3) is 10.2 Å². The summed E-state index contributed by atoms with van der Waals surface area (Å²) in [5.74, 6) is -0.174. The molecule has 2 aromatic heterocycles. The van der Waals surface area contributed by atoms with Crippen molar-refractivity contribution in [2.75, 3.05) is 44.2 Å². The van der Waals surface area contributed by atoms with Crippen molar-refractivity contribution >= 4 is 83.1 Å². The zero-order valence-corrected chi connectivity index (χ0v) is 19.5. The molecule has 1 saturated heterocycles. The molecule has 0 saturated carbocycles. The summed E-state index contributed by atoms with van der Waals surface area (Å²) in [5, 5.41) is 4.00. The van der Waals surface area contributed by atoms with Crippen LogP contribution in [0.5, 0.6) is 0 Å². The van der Waals surface area contributed by atoms with Gasteiger partial charge in [0.1, 0.15) is 4.34 Å². The van der Waals surface area contributed by atoms with E-state index >= 15 is 0 Å². The number of carbonyl (C=O) groups is 1. The molecule has 0 unspecified atom stereocenters. The van der Waals surface area contributed by atoms with E-state index in [1.54, 1.807) is 17.4 Å². The molecule has 1 amide bonds. The average Bonchev–Trinajstić information content (AvgIpc) is 3.24. The van der Waals surface area contributed by atoms with Gasteiger partial charge in [0.2, 0.25) is 0 Å². The van der Waals surface area contributed by atoms with Crippen molar-refractivity contribution in [2.45, 2.75) is 0 Å². The Morgan fingerprint density at radius 1 is 1.18 bits per heavy atom. The zero-order chi connectivity index (χ0) is 19.7. The molecular weight excluding hydrogens is 503 g/mol. The number of nitrogens with one attached hydrogen (secondary N) is 1. The van der Waals surface area contributed by atoms with Crippen LogP contribution in [-0.2, 0) is 0 Å². The van der Waals surface area contributed by atoms with Crippen molar-refractivity contribution in [2.24, 2.45) is 0 Å². The Kier molecular flexibility index (Phi) is 6.44. The molecule has 1 aliphatic rings. The first-order valence-corrected chi connectivity index (χ1v) is 11.9. The van der Waals surface area contributed by atoms with E-state index in [2.05, 4.69) is 37.1 Å². The number of hydrogen-bond acceptors (Lipinski definition) is 6. The molecular formula is C18H17BrCl2N4OS2. The predicted octanol–water partition coefficient (Wildman–Crippen LogP) is 4.98. The maximum Gasteiger partial charge on any atom is 0.253 e. The van der Waals surface area contributed by atoms with E-state index in [4.69, 9.17) is 28.2 Å². The Morgan fingerprint density at radius 3 is 2.68 bits per heavy atom. The average molecular weight is 520 g/mol. The molecule has 0 radical (unpaired) electrons. The second-order valence-electron chi connectivity index (χ2n) is 6.43. The molecule has 1 aromatic carbocycles. The van der Waals surface area contributed by atoms with Crippen LogP contribution in [0.2, 0.25) is 8.67 Å². The van der Waals surface area contributed by atoms with E-state index in [-0.39, 0.29) is 5.91 Å². The highest BCUT2D eigenvalue weighted by molar-refractivity contribution is 9.10. The summed E-state index contributed by atoms with van der Waals surface area (Å²) >= 11 is 18.4. The van der Waals surface area contributed by atoms with Gasteiger partial charge in [-0.15, -0.1) is 11.3 Å². The number of hydrogen-bond donors (Lipinski definition) is 1. The predicted molar refractivity (Wildman–Crippen MR) is 123 cm³/mol. The smallest absolute Gasteiger partial charge is 0.253 e. The summed E-state index contributed by atoms with van der Waals surface area (Å²) in [4.78, 5) is 21.6. The molecule has 3 aromatic rings. The summed E-state index contributed by atoms with van der Waals surface area (Å²) < 4.78 is 3.22. The number of thiazole rings is 1. The van der Waals surface area contributed by atoms with Crippen molar-refractivity contribution in [1.82, 2.24) is 15.2 Å². The van der Waals surface area contributed by atoms with Crippen LogP contribution in [0.15, 0.2) is 28.7 Å². The van der Waals surface area contributed by atoms with Crippen molar-refractivity contribution in [3.05, 3.63) is 43.0 Å². The molecule has 5 nitrogen and oxygen atoms in total. The van der Waals surface area contributed by atoms with E-state index in [1.165, 1.54) is 16.0 Å². The van der Waals surface area contributed by atoms with Crippen molar-refractivity contribution in [3.8, 4) is 0 Å². The van der Waals surface area contributed by atoms with Gasteiger partial charge in [-0.25, -0.2) is 4.98 Å². The van der Waals surface area contributed by atoms with E-state index in [9.17, 15) is 4.79 Å². The molecule has 1 aliphatic heterocycles. The molecule has 10 heteroatoms. The Balaban J connectivity index is 1.26. The van der Waals surface area contributed by atoms with Crippen LogP contribution in [0.4, 0.5) is 5.13 Å². The van der Waals surface area contributed by atoms with Crippen LogP contribution < -0.4 is 10.2 Å². The number of aromatic nitrogens is 1. The second-order valence-corrected chi connectivity index (χ2v) is 10.6. The Bertz CT molecular complexity index is 1000. The van der Waals surface area contributed by atoms with Crippen LogP contribution >= 0.6 is 61.8 Å². The fraction of sp³-hybridized carbons (Fsp3) is 0.333. The van der Waals surface area contributed by atoms with Gasteiger partial charge < -0.3 is 10.2 Å². The fourth-order valence-electron chi connectivity index (χ4n) is 3.10. The first-order valence-electron chi connectivity index (χ1n) is 8.76. The highest BCUT2D eigenvalue weighted by Crippen LogP contribution is 2.32. The van der Waals surface area contributed by atoms with Gasteiger partial charge in [-0.3, -0.25) is 9.69 Å². The lowest BCUT2D eigenvalue weighted by Crippen LogP contribution is -2.48. The number of rotatable bonds is 5. The SMILES string of the molecule is O=C(NCCN1CCN(c2nc3ccc(Br)cc3s2)CC1)c1cc(Cl)sc1Cl. The van der Waals surface area contributed by atoms with Gasteiger partial charge in [0.15, 0.2) is 5.13 Å². The van der Waals surface area contributed by atoms with Crippen LogP contribution in [-0.4, -0.2) is 55.1 Å². The molecule has 28 heavy (non-hydrogen) atoms. The topological polar surface area (TPSA) is 48.5 Å². The summed E-state index contributed by atoms with van der Waals surface area (Å²) in [6.45, 7) is 5.14. The van der Waals surface area contributed by atoms with E-state index < -0.39 is 0 Å². The lowest BCUT2D eigenvalue weighted by molar-refractivity contribution is 0.0948. The van der Waals surface area contributed by atoms with Crippen molar-refractivity contribution in [1.29, 1.82) is 0 Å². The van der Waals surface area contributed by atoms with E-state index in [0.29, 0.717) is 20.8 Å². The normalized spacial score (nSPS) is 15.3. The first-order chi connectivity index (χ1) is 13.5. The molecule has 4 rings (SSSR count). The fourth-order valence-corrected chi connectivity index (χ4v) is 6.13. The van der Waals surface area contributed by atoms with Crippen LogP contribution in [0.1, 0.15) is 10.4 Å². The number of amides is 1. The number of benzene rings is 1. The van der Waals surface area contributed by atoms with Crippen molar-refractivity contribution in [3.63, 3.8) is 0 Å². The van der Waals surface area contributed by atoms with Gasteiger partial charge in [-0.2, -0.15) is 0 Å².